The molecule has 1 rings (SSSR count). The van der Waals surface area contributed by atoms with Gasteiger partial charge in [-0.3, -0.25) is 4.79 Å². The van der Waals surface area contributed by atoms with Crippen molar-refractivity contribution < 1.29 is 14.6 Å². The molecule has 0 spiro atoms. The lowest BCUT2D eigenvalue weighted by Crippen LogP contribution is -2.28. The van der Waals surface area contributed by atoms with Crippen LogP contribution in [-0.2, 0) is 4.79 Å². The smallest absolute Gasteiger partial charge is 0.229 e. The highest BCUT2D eigenvalue weighted by Crippen LogP contribution is 2.33. The van der Waals surface area contributed by atoms with Crippen LogP contribution >= 0.6 is 0 Å². The van der Waals surface area contributed by atoms with E-state index in [1.165, 1.54) is 0 Å². The van der Waals surface area contributed by atoms with E-state index < -0.39 is 0 Å². The highest BCUT2D eigenvalue weighted by molar-refractivity contribution is 5.94. The summed E-state index contributed by atoms with van der Waals surface area (Å²) in [5.74, 6) is 0.741. The predicted molar refractivity (Wildman–Crippen MR) is 72.3 cm³/mol. The molecule has 4 nitrogen and oxygen atoms in total. The molecule has 0 saturated carbocycles. The fraction of sp³-hybridized carbons (Fsp3) is 0.500. The molecular formula is C14H21NO3. The van der Waals surface area contributed by atoms with E-state index in [-0.39, 0.29) is 18.9 Å². The molecule has 0 aromatic heterocycles. The molecule has 0 fully saturated rings. The van der Waals surface area contributed by atoms with Crippen LogP contribution in [0.5, 0.6) is 5.75 Å². The van der Waals surface area contributed by atoms with Crippen LogP contribution in [0, 0.1) is 20.8 Å². The van der Waals surface area contributed by atoms with Gasteiger partial charge in [0.2, 0.25) is 5.91 Å². The minimum atomic E-state index is -0.129. The standard InChI is InChI=1S/C14H21NO3/c1-9-8-12(18-5)10(2)11(3)14(9)15(4)13(17)6-7-16/h8,16H,6-7H2,1-5H3. The van der Waals surface area contributed by atoms with E-state index in [1.54, 1.807) is 19.1 Å². The Balaban J connectivity index is 3.25. The first-order valence-corrected chi connectivity index (χ1v) is 5.96. The summed E-state index contributed by atoms with van der Waals surface area (Å²) < 4.78 is 5.31. The molecule has 0 bridgehead atoms. The number of aliphatic hydroxyl groups is 1. The Bertz CT molecular complexity index is 455. The third-order valence-electron chi connectivity index (χ3n) is 3.26. The van der Waals surface area contributed by atoms with Gasteiger partial charge in [-0.1, -0.05) is 0 Å². The number of aryl methyl sites for hydroxylation is 1. The van der Waals surface area contributed by atoms with Gasteiger partial charge in [0.25, 0.3) is 0 Å². The molecule has 100 valence electrons. The first-order valence-electron chi connectivity index (χ1n) is 5.96. The lowest BCUT2D eigenvalue weighted by Gasteiger charge is -2.24. The van der Waals surface area contributed by atoms with Crippen LogP contribution in [0.2, 0.25) is 0 Å². The maximum atomic E-state index is 11.8. The summed E-state index contributed by atoms with van der Waals surface area (Å²) in [7, 11) is 3.38. The zero-order valence-electron chi connectivity index (χ0n) is 11.7. The van der Waals surface area contributed by atoms with Crippen molar-refractivity contribution in [2.75, 3.05) is 25.7 Å². The van der Waals surface area contributed by atoms with Crippen LogP contribution in [0.3, 0.4) is 0 Å². The van der Waals surface area contributed by atoms with E-state index >= 15 is 0 Å². The van der Waals surface area contributed by atoms with Crippen LogP contribution in [0.1, 0.15) is 23.1 Å². The number of benzene rings is 1. The number of methoxy groups -OCH3 is 1. The summed E-state index contributed by atoms with van der Waals surface area (Å²) in [5, 5.41) is 8.84. The van der Waals surface area contributed by atoms with Crippen molar-refractivity contribution in [1.29, 1.82) is 0 Å². The van der Waals surface area contributed by atoms with Gasteiger partial charge in [-0.2, -0.15) is 0 Å². The quantitative estimate of drug-likeness (QED) is 0.890. The maximum Gasteiger partial charge on any atom is 0.229 e. The molecule has 1 aromatic rings. The van der Waals surface area contributed by atoms with Gasteiger partial charge < -0.3 is 14.7 Å². The Morgan fingerprint density at radius 3 is 2.44 bits per heavy atom. The lowest BCUT2D eigenvalue weighted by atomic mass is 10.0. The van der Waals surface area contributed by atoms with Crippen molar-refractivity contribution in [3.63, 3.8) is 0 Å². The van der Waals surface area contributed by atoms with Crippen molar-refractivity contribution in [2.45, 2.75) is 27.2 Å². The minimum Gasteiger partial charge on any atom is -0.496 e. The Labute approximate surface area is 108 Å². The molecule has 1 aromatic carbocycles. The van der Waals surface area contributed by atoms with Gasteiger partial charge in [-0.05, 0) is 43.5 Å². The number of hydrogen-bond donors (Lipinski definition) is 1. The highest BCUT2D eigenvalue weighted by atomic mass is 16.5. The van der Waals surface area contributed by atoms with E-state index in [0.29, 0.717) is 0 Å². The molecule has 18 heavy (non-hydrogen) atoms. The lowest BCUT2D eigenvalue weighted by molar-refractivity contribution is -0.118. The fourth-order valence-corrected chi connectivity index (χ4v) is 2.15. The summed E-state index contributed by atoms with van der Waals surface area (Å²) in [5.41, 5.74) is 3.94. The second kappa shape index (κ2) is 5.87. The van der Waals surface area contributed by atoms with Crippen molar-refractivity contribution in [2.24, 2.45) is 0 Å². The largest absolute Gasteiger partial charge is 0.496 e. The third kappa shape index (κ3) is 2.64. The second-order valence-corrected chi connectivity index (χ2v) is 4.42. The van der Waals surface area contributed by atoms with Gasteiger partial charge in [-0.15, -0.1) is 0 Å². The normalized spacial score (nSPS) is 10.3. The molecule has 1 amide bonds. The number of nitrogens with zero attached hydrogens (tertiary/aromatic N) is 1. The van der Waals surface area contributed by atoms with Gasteiger partial charge in [-0.25, -0.2) is 0 Å². The van der Waals surface area contributed by atoms with Crippen molar-refractivity contribution in [3.05, 3.63) is 22.8 Å². The van der Waals surface area contributed by atoms with E-state index in [4.69, 9.17) is 9.84 Å². The third-order valence-corrected chi connectivity index (χ3v) is 3.26. The Morgan fingerprint density at radius 1 is 1.33 bits per heavy atom. The minimum absolute atomic E-state index is 0.0896. The molecular weight excluding hydrogens is 230 g/mol. The first kappa shape index (κ1) is 14.5. The maximum absolute atomic E-state index is 11.8. The van der Waals surface area contributed by atoms with Gasteiger partial charge in [0.1, 0.15) is 5.75 Å². The molecule has 0 atom stereocenters. The molecule has 0 radical (unpaired) electrons. The van der Waals surface area contributed by atoms with Gasteiger partial charge in [0.05, 0.1) is 20.1 Å². The number of anilines is 1. The predicted octanol–water partition coefficient (Wildman–Crippen LogP) is 1.97. The topological polar surface area (TPSA) is 49.8 Å². The highest BCUT2D eigenvalue weighted by Gasteiger charge is 2.18. The number of carbonyl (C=O) groups is 1. The number of rotatable bonds is 4. The van der Waals surface area contributed by atoms with Crippen molar-refractivity contribution in [1.82, 2.24) is 0 Å². The second-order valence-electron chi connectivity index (χ2n) is 4.42. The molecule has 0 aliphatic carbocycles. The van der Waals surface area contributed by atoms with E-state index in [1.807, 2.05) is 26.8 Å². The monoisotopic (exact) mass is 251 g/mol. The van der Waals surface area contributed by atoms with Crippen LogP contribution in [0.25, 0.3) is 0 Å². The molecule has 0 heterocycles. The molecule has 4 heteroatoms. The summed E-state index contributed by atoms with van der Waals surface area (Å²) in [6.45, 7) is 5.77. The molecule has 0 aliphatic heterocycles. The van der Waals surface area contributed by atoms with Crippen LogP contribution in [0.4, 0.5) is 5.69 Å². The Kier molecular flexibility index (Phi) is 4.73. The van der Waals surface area contributed by atoms with Crippen LogP contribution in [0.15, 0.2) is 6.07 Å². The Morgan fingerprint density at radius 2 is 1.94 bits per heavy atom. The number of aliphatic hydroxyl groups excluding tert-OH is 1. The number of carbonyl (C=O) groups excluding carboxylic acids is 1. The summed E-state index contributed by atoms with van der Waals surface area (Å²) in [6.07, 6.45) is 0.139. The SMILES string of the molecule is COc1cc(C)c(N(C)C(=O)CCO)c(C)c1C. The molecule has 0 unspecified atom stereocenters. The fourth-order valence-electron chi connectivity index (χ4n) is 2.15. The van der Waals surface area contributed by atoms with E-state index in [9.17, 15) is 4.79 Å². The average Bonchev–Trinajstić information content (AvgIpc) is 2.34. The molecule has 1 N–H and O–H groups in total. The van der Waals surface area contributed by atoms with Gasteiger partial charge >= 0.3 is 0 Å². The Hall–Kier alpha value is -1.55. The molecule has 0 aliphatic rings. The zero-order chi connectivity index (χ0) is 13.9. The molecule has 0 saturated heterocycles. The van der Waals surface area contributed by atoms with E-state index in [2.05, 4.69) is 0 Å². The number of amides is 1. The van der Waals surface area contributed by atoms with Gasteiger partial charge in [0.15, 0.2) is 0 Å². The van der Waals surface area contributed by atoms with Crippen LogP contribution in [-0.4, -0.2) is 31.8 Å². The van der Waals surface area contributed by atoms with E-state index in [0.717, 1.165) is 28.1 Å². The summed E-state index contributed by atoms with van der Waals surface area (Å²) >= 11 is 0. The van der Waals surface area contributed by atoms with Gasteiger partial charge in [0, 0.05) is 12.7 Å². The van der Waals surface area contributed by atoms with Crippen molar-refractivity contribution in [3.8, 4) is 5.75 Å². The number of ether oxygens (including phenoxy) is 1. The summed E-state index contributed by atoms with van der Waals surface area (Å²) in [6, 6.07) is 1.93. The van der Waals surface area contributed by atoms with Crippen LogP contribution < -0.4 is 9.64 Å². The summed E-state index contributed by atoms with van der Waals surface area (Å²) in [4.78, 5) is 13.5. The average molecular weight is 251 g/mol. The number of hydrogen-bond acceptors (Lipinski definition) is 3. The van der Waals surface area contributed by atoms with Crippen molar-refractivity contribution >= 4 is 11.6 Å². The first-order chi connectivity index (χ1) is 8.43. The zero-order valence-corrected chi connectivity index (χ0v) is 11.7.